The van der Waals surface area contributed by atoms with Crippen molar-refractivity contribution in [1.82, 2.24) is 10.6 Å². The van der Waals surface area contributed by atoms with Gasteiger partial charge in [0.1, 0.15) is 0 Å². The Labute approximate surface area is 96.2 Å². The maximum absolute atomic E-state index is 3.56. The van der Waals surface area contributed by atoms with Gasteiger partial charge in [0, 0.05) is 6.54 Å². The lowest BCUT2D eigenvalue weighted by molar-refractivity contribution is 0.273. The monoisotopic (exact) mass is 214 g/mol. The predicted octanol–water partition coefficient (Wildman–Crippen LogP) is 2.65. The van der Waals surface area contributed by atoms with Gasteiger partial charge in [-0.1, -0.05) is 27.7 Å². The molecule has 0 saturated heterocycles. The Morgan fingerprint density at radius 1 is 1.07 bits per heavy atom. The highest BCUT2D eigenvalue weighted by Crippen LogP contribution is 2.23. The van der Waals surface area contributed by atoms with Crippen LogP contribution in [0.4, 0.5) is 0 Å². The van der Waals surface area contributed by atoms with Crippen LogP contribution < -0.4 is 10.6 Å². The van der Waals surface area contributed by atoms with E-state index in [2.05, 4.69) is 38.3 Å². The molecule has 2 N–H and O–H groups in total. The van der Waals surface area contributed by atoms with Gasteiger partial charge < -0.3 is 10.6 Å². The molecule has 0 atom stereocenters. The molecule has 0 unspecified atom stereocenters. The molecule has 15 heavy (non-hydrogen) atoms. The summed E-state index contributed by atoms with van der Waals surface area (Å²) in [6.45, 7) is 12.7. The van der Waals surface area contributed by atoms with Gasteiger partial charge in [-0.3, -0.25) is 0 Å². The average Bonchev–Trinajstić information content (AvgIpc) is 2.08. The lowest BCUT2D eigenvalue weighted by Crippen LogP contribution is -2.31. The van der Waals surface area contributed by atoms with Gasteiger partial charge in [0.05, 0.1) is 0 Å². The molecule has 0 fully saturated rings. The van der Waals surface area contributed by atoms with Gasteiger partial charge in [-0.15, -0.1) is 0 Å². The van der Waals surface area contributed by atoms with Crippen molar-refractivity contribution in [3.05, 3.63) is 0 Å². The summed E-state index contributed by atoms with van der Waals surface area (Å²) in [4.78, 5) is 0. The van der Waals surface area contributed by atoms with E-state index >= 15 is 0 Å². The fourth-order valence-corrected chi connectivity index (χ4v) is 2.16. The Bertz CT molecular complexity index is 141. The van der Waals surface area contributed by atoms with E-state index in [1.165, 1.54) is 19.3 Å². The van der Waals surface area contributed by atoms with E-state index in [-0.39, 0.29) is 0 Å². The van der Waals surface area contributed by atoms with Crippen molar-refractivity contribution in [2.75, 3.05) is 26.7 Å². The number of nitrogens with one attached hydrogen (secondary N) is 2. The van der Waals surface area contributed by atoms with E-state index in [1.54, 1.807) is 0 Å². The Balaban J connectivity index is 3.40. The minimum atomic E-state index is 0.442. The number of hydrogen-bond donors (Lipinski definition) is 2. The molecule has 0 spiro atoms. The number of rotatable bonds is 9. The molecule has 2 heteroatoms. The molecule has 0 aromatic rings. The zero-order valence-corrected chi connectivity index (χ0v) is 11.3. The zero-order chi connectivity index (χ0) is 11.7. The van der Waals surface area contributed by atoms with Crippen LogP contribution in [0.1, 0.15) is 47.0 Å². The third-order valence-electron chi connectivity index (χ3n) is 2.59. The SMILES string of the molecule is CNCCCCNCC(C)(C)CC(C)C. The van der Waals surface area contributed by atoms with Crippen molar-refractivity contribution in [2.45, 2.75) is 47.0 Å². The Morgan fingerprint density at radius 3 is 2.20 bits per heavy atom. The molecule has 0 aliphatic heterocycles. The first-order valence-corrected chi connectivity index (χ1v) is 6.33. The van der Waals surface area contributed by atoms with Gasteiger partial charge in [-0.05, 0) is 50.7 Å². The van der Waals surface area contributed by atoms with Crippen LogP contribution in [0.25, 0.3) is 0 Å². The Hall–Kier alpha value is -0.0800. The van der Waals surface area contributed by atoms with Gasteiger partial charge in [0.25, 0.3) is 0 Å². The van der Waals surface area contributed by atoms with Gasteiger partial charge in [-0.25, -0.2) is 0 Å². The van der Waals surface area contributed by atoms with E-state index < -0.39 is 0 Å². The molecule has 0 aromatic heterocycles. The summed E-state index contributed by atoms with van der Waals surface area (Å²) in [5.74, 6) is 0.797. The minimum Gasteiger partial charge on any atom is -0.320 e. The second-order valence-corrected chi connectivity index (χ2v) is 5.75. The maximum Gasteiger partial charge on any atom is 0.000261 e. The fourth-order valence-electron chi connectivity index (χ4n) is 2.16. The van der Waals surface area contributed by atoms with E-state index in [9.17, 15) is 0 Å². The highest BCUT2D eigenvalue weighted by Gasteiger charge is 2.18. The molecular formula is C13H30N2. The third kappa shape index (κ3) is 10.2. The summed E-state index contributed by atoms with van der Waals surface area (Å²) < 4.78 is 0. The summed E-state index contributed by atoms with van der Waals surface area (Å²) in [7, 11) is 2.01. The Kier molecular flexibility index (Phi) is 8.07. The standard InChI is InChI=1S/C13H30N2/c1-12(2)10-13(3,4)11-15-9-7-6-8-14-5/h12,14-15H,6-11H2,1-5H3. The highest BCUT2D eigenvalue weighted by molar-refractivity contribution is 4.72. The lowest BCUT2D eigenvalue weighted by Gasteiger charge is -2.27. The molecule has 2 nitrogen and oxygen atoms in total. The largest absolute Gasteiger partial charge is 0.320 e. The first-order valence-electron chi connectivity index (χ1n) is 6.33. The molecule has 0 aliphatic rings. The van der Waals surface area contributed by atoms with Crippen molar-refractivity contribution in [3.63, 3.8) is 0 Å². The van der Waals surface area contributed by atoms with Gasteiger partial charge in [0.15, 0.2) is 0 Å². The quantitative estimate of drug-likeness (QED) is 0.577. The van der Waals surface area contributed by atoms with Gasteiger partial charge in [-0.2, -0.15) is 0 Å². The average molecular weight is 214 g/mol. The zero-order valence-electron chi connectivity index (χ0n) is 11.3. The van der Waals surface area contributed by atoms with Crippen molar-refractivity contribution < 1.29 is 0 Å². The molecule has 0 heterocycles. The van der Waals surface area contributed by atoms with Crippen LogP contribution in [-0.4, -0.2) is 26.7 Å². The van der Waals surface area contributed by atoms with Gasteiger partial charge >= 0.3 is 0 Å². The van der Waals surface area contributed by atoms with Crippen LogP contribution in [0.3, 0.4) is 0 Å². The molecule has 92 valence electrons. The van der Waals surface area contributed by atoms with Crippen LogP contribution in [-0.2, 0) is 0 Å². The normalized spacial score (nSPS) is 12.4. The summed E-state index contributed by atoms with van der Waals surface area (Å²) >= 11 is 0. The maximum atomic E-state index is 3.56. The van der Waals surface area contributed by atoms with Crippen LogP contribution >= 0.6 is 0 Å². The van der Waals surface area contributed by atoms with Crippen molar-refractivity contribution >= 4 is 0 Å². The molecule has 0 aliphatic carbocycles. The van der Waals surface area contributed by atoms with Crippen molar-refractivity contribution in [1.29, 1.82) is 0 Å². The molecule has 0 bridgehead atoms. The highest BCUT2D eigenvalue weighted by atomic mass is 14.9. The van der Waals surface area contributed by atoms with E-state index in [1.807, 2.05) is 7.05 Å². The molecular weight excluding hydrogens is 184 g/mol. The number of unbranched alkanes of at least 4 members (excludes halogenated alkanes) is 1. The summed E-state index contributed by atoms with van der Waals surface area (Å²) in [5.41, 5.74) is 0.442. The predicted molar refractivity (Wildman–Crippen MR) is 69.3 cm³/mol. The summed E-state index contributed by atoms with van der Waals surface area (Å²) in [5, 5.41) is 6.74. The van der Waals surface area contributed by atoms with Crippen LogP contribution in [0.2, 0.25) is 0 Å². The summed E-state index contributed by atoms with van der Waals surface area (Å²) in [6, 6.07) is 0. The molecule has 0 amide bonds. The third-order valence-corrected chi connectivity index (χ3v) is 2.59. The van der Waals surface area contributed by atoms with E-state index in [0.717, 1.165) is 25.6 Å². The van der Waals surface area contributed by atoms with E-state index in [0.29, 0.717) is 5.41 Å². The lowest BCUT2D eigenvalue weighted by atomic mass is 9.84. The molecule has 0 rings (SSSR count). The Morgan fingerprint density at radius 2 is 1.67 bits per heavy atom. The first kappa shape index (κ1) is 14.9. The van der Waals surface area contributed by atoms with Crippen LogP contribution in [0.5, 0.6) is 0 Å². The molecule has 0 saturated carbocycles. The first-order chi connectivity index (χ1) is 6.98. The van der Waals surface area contributed by atoms with Crippen LogP contribution in [0, 0.1) is 11.3 Å². The van der Waals surface area contributed by atoms with Gasteiger partial charge in [0.2, 0.25) is 0 Å². The fraction of sp³-hybridized carbons (Fsp3) is 1.00. The molecule has 0 radical (unpaired) electrons. The smallest absolute Gasteiger partial charge is 0.000261 e. The van der Waals surface area contributed by atoms with Crippen molar-refractivity contribution in [3.8, 4) is 0 Å². The second kappa shape index (κ2) is 8.12. The number of hydrogen-bond acceptors (Lipinski definition) is 2. The molecule has 0 aromatic carbocycles. The second-order valence-electron chi connectivity index (χ2n) is 5.75. The minimum absolute atomic E-state index is 0.442. The van der Waals surface area contributed by atoms with Crippen molar-refractivity contribution in [2.24, 2.45) is 11.3 Å². The topological polar surface area (TPSA) is 24.1 Å². The summed E-state index contributed by atoms with van der Waals surface area (Å²) in [6.07, 6.45) is 3.85. The van der Waals surface area contributed by atoms with Crippen LogP contribution in [0.15, 0.2) is 0 Å². The van der Waals surface area contributed by atoms with E-state index in [4.69, 9.17) is 0 Å².